The molecule has 1 amide bonds. The summed E-state index contributed by atoms with van der Waals surface area (Å²) in [6, 6.07) is 9.54. The maximum absolute atomic E-state index is 12.5. The van der Waals surface area contributed by atoms with Crippen molar-refractivity contribution >= 4 is 11.6 Å². The van der Waals surface area contributed by atoms with Gasteiger partial charge in [0.25, 0.3) is 11.6 Å². The van der Waals surface area contributed by atoms with E-state index in [9.17, 15) is 14.9 Å². The van der Waals surface area contributed by atoms with E-state index >= 15 is 0 Å². The molecule has 7 heteroatoms. The Hall–Kier alpha value is -3.35. The van der Waals surface area contributed by atoms with Crippen LogP contribution in [0.5, 0.6) is 11.5 Å². The van der Waals surface area contributed by atoms with Crippen molar-refractivity contribution in [2.45, 2.75) is 13.0 Å². The Morgan fingerprint density at radius 3 is 2.58 bits per heavy atom. The van der Waals surface area contributed by atoms with Crippen molar-refractivity contribution in [3.63, 3.8) is 0 Å². The van der Waals surface area contributed by atoms with Crippen LogP contribution >= 0.6 is 0 Å². The molecule has 0 aromatic heterocycles. The van der Waals surface area contributed by atoms with Gasteiger partial charge in [-0.2, -0.15) is 0 Å². The number of carbonyl (C=O) groups excluding carboxylic acids is 1. The summed E-state index contributed by atoms with van der Waals surface area (Å²) in [5.41, 5.74) is 1.53. The standard InChI is InChI=1S/C19H20N2O5/c1-4-7-13-10-15(11-17(25-2)18(13)26-3)19(22)20-12-14-8-5-6-9-16(14)21(23)24/h4-6,8-11H,1,7,12H2,2-3H3,(H,20,22). The van der Waals surface area contributed by atoms with Gasteiger partial charge in [0.15, 0.2) is 11.5 Å². The van der Waals surface area contributed by atoms with E-state index in [0.29, 0.717) is 29.0 Å². The number of amides is 1. The van der Waals surface area contributed by atoms with Crippen LogP contribution in [0.4, 0.5) is 5.69 Å². The normalized spacial score (nSPS) is 10.1. The SMILES string of the molecule is C=CCc1cc(C(=O)NCc2ccccc2[N+](=O)[O-])cc(OC)c1OC. The zero-order valence-corrected chi connectivity index (χ0v) is 14.7. The van der Waals surface area contributed by atoms with Crippen molar-refractivity contribution in [2.75, 3.05) is 14.2 Å². The number of hydrogen-bond donors (Lipinski definition) is 1. The number of ether oxygens (including phenoxy) is 2. The highest BCUT2D eigenvalue weighted by atomic mass is 16.6. The van der Waals surface area contributed by atoms with Crippen molar-refractivity contribution in [3.8, 4) is 11.5 Å². The van der Waals surface area contributed by atoms with Gasteiger partial charge in [-0.3, -0.25) is 14.9 Å². The first-order valence-electron chi connectivity index (χ1n) is 7.88. The Kier molecular flexibility index (Phi) is 6.32. The fourth-order valence-electron chi connectivity index (χ4n) is 2.60. The molecule has 0 atom stereocenters. The lowest BCUT2D eigenvalue weighted by Gasteiger charge is -2.14. The molecule has 0 fully saturated rings. The molecule has 2 rings (SSSR count). The van der Waals surface area contributed by atoms with Crippen molar-refractivity contribution in [3.05, 3.63) is 75.9 Å². The lowest BCUT2D eigenvalue weighted by Crippen LogP contribution is -2.23. The van der Waals surface area contributed by atoms with E-state index in [-0.39, 0.29) is 18.1 Å². The van der Waals surface area contributed by atoms with Crippen LogP contribution in [0.1, 0.15) is 21.5 Å². The van der Waals surface area contributed by atoms with Crippen LogP contribution in [0.3, 0.4) is 0 Å². The number of rotatable bonds is 8. The number of methoxy groups -OCH3 is 2. The summed E-state index contributed by atoms with van der Waals surface area (Å²) in [4.78, 5) is 23.1. The molecule has 0 aliphatic rings. The predicted octanol–water partition coefficient (Wildman–Crippen LogP) is 3.27. The largest absolute Gasteiger partial charge is 0.493 e. The van der Waals surface area contributed by atoms with Crippen molar-refractivity contribution in [1.29, 1.82) is 0 Å². The van der Waals surface area contributed by atoms with E-state index in [4.69, 9.17) is 9.47 Å². The zero-order valence-electron chi connectivity index (χ0n) is 14.7. The molecule has 0 saturated heterocycles. The average Bonchev–Trinajstić information content (AvgIpc) is 2.65. The van der Waals surface area contributed by atoms with Crippen LogP contribution in [0, 0.1) is 10.1 Å². The van der Waals surface area contributed by atoms with Gasteiger partial charge in [-0.05, 0) is 18.6 Å². The molecule has 0 spiro atoms. The van der Waals surface area contributed by atoms with Gasteiger partial charge in [0.05, 0.1) is 19.1 Å². The molecule has 7 nitrogen and oxygen atoms in total. The van der Waals surface area contributed by atoms with Gasteiger partial charge in [-0.15, -0.1) is 6.58 Å². The summed E-state index contributed by atoms with van der Waals surface area (Å²) in [5.74, 6) is 0.611. The minimum absolute atomic E-state index is 0.0348. The molecule has 0 heterocycles. The molecular formula is C19H20N2O5. The molecule has 2 aromatic carbocycles. The third-order valence-corrected chi connectivity index (χ3v) is 3.81. The highest BCUT2D eigenvalue weighted by molar-refractivity contribution is 5.95. The number of allylic oxidation sites excluding steroid dienone is 1. The van der Waals surface area contributed by atoms with Crippen LogP contribution in [0.15, 0.2) is 49.1 Å². The van der Waals surface area contributed by atoms with Crippen LogP contribution in [0.25, 0.3) is 0 Å². The fourth-order valence-corrected chi connectivity index (χ4v) is 2.60. The highest BCUT2D eigenvalue weighted by Crippen LogP contribution is 2.33. The summed E-state index contributed by atoms with van der Waals surface area (Å²) < 4.78 is 10.6. The van der Waals surface area contributed by atoms with Gasteiger partial charge in [-0.25, -0.2) is 0 Å². The number of nitrogens with one attached hydrogen (secondary N) is 1. The van der Waals surface area contributed by atoms with Crippen LogP contribution in [-0.2, 0) is 13.0 Å². The van der Waals surface area contributed by atoms with Gasteiger partial charge >= 0.3 is 0 Å². The fraction of sp³-hybridized carbons (Fsp3) is 0.211. The quantitative estimate of drug-likeness (QED) is 0.445. The summed E-state index contributed by atoms with van der Waals surface area (Å²) in [7, 11) is 3.02. The lowest BCUT2D eigenvalue weighted by atomic mass is 10.0. The van der Waals surface area contributed by atoms with Crippen LogP contribution in [-0.4, -0.2) is 25.1 Å². The zero-order chi connectivity index (χ0) is 19.1. The van der Waals surface area contributed by atoms with E-state index < -0.39 is 4.92 Å². The van der Waals surface area contributed by atoms with Crippen molar-refractivity contribution in [2.24, 2.45) is 0 Å². The van der Waals surface area contributed by atoms with E-state index in [2.05, 4.69) is 11.9 Å². The predicted molar refractivity (Wildman–Crippen MR) is 97.7 cm³/mol. The second-order valence-electron chi connectivity index (χ2n) is 5.43. The molecule has 0 radical (unpaired) electrons. The molecule has 136 valence electrons. The second-order valence-corrected chi connectivity index (χ2v) is 5.43. The Morgan fingerprint density at radius 1 is 1.23 bits per heavy atom. The second kappa shape index (κ2) is 8.66. The number of nitrogens with zero attached hydrogens (tertiary/aromatic N) is 1. The number of para-hydroxylation sites is 1. The number of carbonyl (C=O) groups is 1. The van der Waals surface area contributed by atoms with Crippen molar-refractivity contribution in [1.82, 2.24) is 5.32 Å². The smallest absolute Gasteiger partial charge is 0.274 e. The van der Waals surface area contributed by atoms with Gasteiger partial charge in [0.1, 0.15) is 0 Å². The summed E-state index contributed by atoms with van der Waals surface area (Å²) in [5, 5.41) is 13.8. The minimum atomic E-state index is -0.472. The molecule has 0 aliphatic heterocycles. The molecule has 26 heavy (non-hydrogen) atoms. The first-order chi connectivity index (χ1) is 12.5. The Labute approximate surface area is 151 Å². The first kappa shape index (κ1) is 19.0. The Balaban J connectivity index is 2.26. The summed E-state index contributed by atoms with van der Waals surface area (Å²) >= 11 is 0. The van der Waals surface area contributed by atoms with E-state index in [1.54, 1.807) is 36.4 Å². The average molecular weight is 356 g/mol. The monoisotopic (exact) mass is 356 g/mol. The third kappa shape index (κ3) is 4.18. The maximum Gasteiger partial charge on any atom is 0.274 e. The Bertz CT molecular complexity index is 833. The molecule has 0 bridgehead atoms. The lowest BCUT2D eigenvalue weighted by molar-refractivity contribution is -0.385. The van der Waals surface area contributed by atoms with E-state index in [1.807, 2.05) is 0 Å². The topological polar surface area (TPSA) is 90.7 Å². The van der Waals surface area contributed by atoms with Gasteiger partial charge < -0.3 is 14.8 Å². The molecule has 0 unspecified atom stereocenters. The van der Waals surface area contributed by atoms with Crippen LogP contribution in [0.2, 0.25) is 0 Å². The molecule has 0 saturated carbocycles. The van der Waals surface area contributed by atoms with Gasteiger partial charge in [0.2, 0.25) is 0 Å². The number of hydrogen-bond acceptors (Lipinski definition) is 5. The number of benzene rings is 2. The molecule has 0 aliphatic carbocycles. The number of nitro groups is 1. The van der Waals surface area contributed by atoms with Gasteiger partial charge in [0, 0.05) is 29.3 Å². The number of nitro benzene ring substituents is 1. The summed E-state index contributed by atoms with van der Waals surface area (Å²) in [6.07, 6.45) is 2.21. The highest BCUT2D eigenvalue weighted by Gasteiger charge is 2.17. The minimum Gasteiger partial charge on any atom is -0.493 e. The third-order valence-electron chi connectivity index (χ3n) is 3.81. The van der Waals surface area contributed by atoms with Crippen LogP contribution < -0.4 is 14.8 Å². The van der Waals surface area contributed by atoms with E-state index in [1.165, 1.54) is 20.3 Å². The molecular weight excluding hydrogens is 336 g/mol. The maximum atomic E-state index is 12.5. The van der Waals surface area contributed by atoms with Crippen molar-refractivity contribution < 1.29 is 19.2 Å². The Morgan fingerprint density at radius 2 is 1.96 bits per heavy atom. The van der Waals surface area contributed by atoms with Gasteiger partial charge in [-0.1, -0.05) is 24.3 Å². The first-order valence-corrected chi connectivity index (χ1v) is 7.88. The summed E-state index contributed by atoms with van der Waals surface area (Å²) in [6.45, 7) is 3.75. The molecule has 2 aromatic rings. The molecule has 1 N–H and O–H groups in total. The van der Waals surface area contributed by atoms with E-state index in [0.717, 1.165) is 5.56 Å².